The van der Waals surface area contributed by atoms with Crippen LogP contribution >= 0.6 is 11.9 Å². The van der Waals surface area contributed by atoms with E-state index in [9.17, 15) is 4.79 Å². The Morgan fingerprint density at radius 1 is 1.12 bits per heavy atom. The molecule has 1 aliphatic heterocycles. The van der Waals surface area contributed by atoms with Crippen LogP contribution < -0.4 is 0 Å². The van der Waals surface area contributed by atoms with Crippen LogP contribution in [0.2, 0.25) is 0 Å². The molecule has 26 heavy (non-hydrogen) atoms. The van der Waals surface area contributed by atoms with Crippen LogP contribution in [-0.4, -0.2) is 22.2 Å². The second-order valence-corrected chi connectivity index (χ2v) is 8.39. The maximum absolute atomic E-state index is 12.5. The average Bonchev–Trinajstić information content (AvgIpc) is 3.10. The van der Waals surface area contributed by atoms with E-state index >= 15 is 0 Å². The zero-order valence-corrected chi connectivity index (χ0v) is 16.9. The highest BCUT2D eigenvalue weighted by molar-refractivity contribution is 7.97. The molecule has 1 amide bonds. The van der Waals surface area contributed by atoms with E-state index in [4.69, 9.17) is 0 Å². The van der Waals surface area contributed by atoms with Crippen LogP contribution in [0.5, 0.6) is 0 Å². The zero-order valence-electron chi connectivity index (χ0n) is 16.1. The van der Waals surface area contributed by atoms with Crippen LogP contribution in [0, 0.1) is 5.92 Å². The van der Waals surface area contributed by atoms with Gasteiger partial charge in [0, 0.05) is 29.9 Å². The van der Waals surface area contributed by atoms with Gasteiger partial charge < -0.3 is 4.90 Å². The van der Waals surface area contributed by atoms with Gasteiger partial charge in [-0.2, -0.15) is 0 Å². The summed E-state index contributed by atoms with van der Waals surface area (Å²) >= 11 is 1.76. The predicted molar refractivity (Wildman–Crippen MR) is 109 cm³/mol. The van der Waals surface area contributed by atoms with Crippen LogP contribution in [0.1, 0.15) is 49.9 Å². The highest BCUT2D eigenvalue weighted by Gasteiger charge is 2.26. The molecule has 0 aromatic heterocycles. The van der Waals surface area contributed by atoms with Crippen molar-refractivity contribution in [2.45, 2.75) is 51.2 Å². The molecule has 1 unspecified atom stereocenters. The fraction of sp³-hybridized carbons (Fsp3) is 0.409. The number of amides is 1. The van der Waals surface area contributed by atoms with Gasteiger partial charge in [-0.15, -0.1) is 0 Å². The van der Waals surface area contributed by atoms with Gasteiger partial charge >= 0.3 is 0 Å². The lowest BCUT2D eigenvalue weighted by Crippen LogP contribution is -2.30. The van der Waals surface area contributed by atoms with Crippen molar-refractivity contribution in [3.8, 4) is 0 Å². The van der Waals surface area contributed by atoms with E-state index in [0.717, 1.165) is 19.5 Å². The molecule has 2 aromatic rings. The largest absolute Gasteiger partial charge is 0.334 e. The minimum atomic E-state index is 0.107. The van der Waals surface area contributed by atoms with E-state index in [1.165, 1.54) is 21.6 Å². The van der Waals surface area contributed by atoms with Gasteiger partial charge in [-0.1, -0.05) is 50.2 Å². The van der Waals surface area contributed by atoms with Crippen LogP contribution in [0.15, 0.2) is 53.4 Å². The van der Waals surface area contributed by atoms with Gasteiger partial charge in [0.2, 0.25) is 5.91 Å². The Morgan fingerprint density at radius 2 is 1.81 bits per heavy atom. The summed E-state index contributed by atoms with van der Waals surface area (Å²) in [6, 6.07) is 17.5. The summed E-state index contributed by atoms with van der Waals surface area (Å²) in [5.41, 5.74) is 3.88. The number of rotatable bonds is 6. The smallest absolute Gasteiger partial charge is 0.225 e. The van der Waals surface area contributed by atoms with Crippen LogP contribution in [-0.2, 0) is 17.9 Å². The lowest BCUT2D eigenvalue weighted by molar-refractivity contribution is -0.135. The minimum absolute atomic E-state index is 0.107. The first kappa shape index (κ1) is 19.0. The van der Waals surface area contributed by atoms with E-state index in [-0.39, 0.29) is 11.8 Å². The highest BCUT2D eigenvalue weighted by atomic mass is 32.2. The summed E-state index contributed by atoms with van der Waals surface area (Å²) in [5, 5.41) is 0. The molecule has 0 N–H and O–H groups in total. The number of nitrogens with zero attached hydrogens (tertiary/aromatic N) is 2. The monoisotopic (exact) mass is 368 g/mol. The topological polar surface area (TPSA) is 23.6 Å². The second kappa shape index (κ2) is 8.28. The third kappa shape index (κ3) is 4.13. The van der Waals surface area contributed by atoms with E-state index < -0.39 is 0 Å². The van der Waals surface area contributed by atoms with Gasteiger partial charge in [0.15, 0.2) is 0 Å². The Balaban J connectivity index is 1.67. The molecule has 1 aliphatic rings. The quantitative estimate of drug-likeness (QED) is 0.649. The molecule has 0 fully saturated rings. The van der Waals surface area contributed by atoms with Crippen molar-refractivity contribution >= 4 is 17.9 Å². The van der Waals surface area contributed by atoms with Crippen LogP contribution in [0.4, 0.5) is 0 Å². The minimum Gasteiger partial charge on any atom is -0.334 e. The van der Waals surface area contributed by atoms with E-state index in [1.54, 1.807) is 11.9 Å². The SMILES string of the molecule is CCC(C)C(=O)N1Cc2ccc(SN(C)[C@@H](C)c3ccccc3)cc2C1. The molecule has 3 rings (SSSR count). The predicted octanol–water partition coefficient (Wildman–Crippen LogP) is 5.28. The molecule has 0 spiro atoms. The lowest BCUT2D eigenvalue weighted by atomic mass is 10.1. The number of benzene rings is 2. The summed E-state index contributed by atoms with van der Waals surface area (Å²) in [4.78, 5) is 15.7. The van der Waals surface area contributed by atoms with Gasteiger partial charge in [0.25, 0.3) is 0 Å². The highest BCUT2D eigenvalue weighted by Crippen LogP contribution is 2.33. The Labute approximate surface area is 161 Å². The van der Waals surface area contributed by atoms with Gasteiger partial charge in [-0.3, -0.25) is 4.79 Å². The number of fused-ring (bicyclic) bond motifs is 1. The molecular formula is C22H28N2OS. The summed E-state index contributed by atoms with van der Waals surface area (Å²) < 4.78 is 2.29. The van der Waals surface area contributed by atoms with E-state index in [0.29, 0.717) is 6.04 Å². The molecule has 2 atom stereocenters. The fourth-order valence-electron chi connectivity index (χ4n) is 3.26. The Bertz CT molecular complexity index is 762. The first-order valence-corrected chi connectivity index (χ1v) is 10.1. The van der Waals surface area contributed by atoms with Gasteiger partial charge in [0.05, 0.1) is 0 Å². The summed E-state index contributed by atoms with van der Waals surface area (Å²) in [7, 11) is 2.13. The lowest BCUT2D eigenvalue weighted by Gasteiger charge is -2.24. The Morgan fingerprint density at radius 3 is 2.50 bits per heavy atom. The van der Waals surface area contributed by atoms with Crippen molar-refractivity contribution < 1.29 is 4.79 Å². The molecule has 138 valence electrons. The van der Waals surface area contributed by atoms with E-state index in [1.807, 2.05) is 11.8 Å². The molecule has 0 bridgehead atoms. The van der Waals surface area contributed by atoms with Crippen molar-refractivity contribution in [2.24, 2.45) is 5.92 Å². The molecule has 0 saturated carbocycles. The van der Waals surface area contributed by atoms with Gasteiger partial charge in [-0.05, 0) is 61.2 Å². The molecule has 2 aromatic carbocycles. The fourth-order valence-corrected chi connectivity index (χ4v) is 4.19. The second-order valence-electron chi connectivity index (χ2n) is 7.16. The van der Waals surface area contributed by atoms with Crippen LogP contribution in [0.25, 0.3) is 0 Å². The number of hydrogen-bond donors (Lipinski definition) is 0. The van der Waals surface area contributed by atoms with Crippen LogP contribution in [0.3, 0.4) is 0 Å². The molecule has 3 nitrogen and oxygen atoms in total. The average molecular weight is 369 g/mol. The molecular weight excluding hydrogens is 340 g/mol. The summed E-state index contributed by atoms with van der Waals surface area (Å²) in [6.07, 6.45) is 0.898. The summed E-state index contributed by atoms with van der Waals surface area (Å²) in [5.74, 6) is 0.378. The normalized spacial score (nSPS) is 15.8. The van der Waals surface area contributed by atoms with Crippen molar-refractivity contribution in [3.63, 3.8) is 0 Å². The molecule has 0 radical (unpaired) electrons. The zero-order chi connectivity index (χ0) is 18.7. The van der Waals surface area contributed by atoms with E-state index in [2.05, 4.69) is 73.7 Å². The number of carbonyl (C=O) groups excluding carboxylic acids is 1. The van der Waals surface area contributed by atoms with Crippen molar-refractivity contribution in [1.82, 2.24) is 9.21 Å². The molecule has 0 aliphatic carbocycles. The molecule has 0 saturated heterocycles. The maximum atomic E-state index is 12.5. The summed E-state index contributed by atoms with van der Waals surface area (Å²) in [6.45, 7) is 7.81. The van der Waals surface area contributed by atoms with Gasteiger partial charge in [-0.25, -0.2) is 4.31 Å². The molecule has 1 heterocycles. The first-order valence-electron chi connectivity index (χ1n) is 9.36. The number of carbonyl (C=O) groups is 1. The third-order valence-electron chi connectivity index (χ3n) is 5.32. The third-order valence-corrected chi connectivity index (χ3v) is 6.39. The van der Waals surface area contributed by atoms with Crippen molar-refractivity contribution in [3.05, 3.63) is 65.2 Å². The van der Waals surface area contributed by atoms with Crippen molar-refractivity contribution in [2.75, 3.05) is 7.05 Å². The first-order chi connectivity index (χ1) is 12.5. The van der Waals surface area contributed by atoms with Crippen molar-refractivity contribution in [1.29, 1.82) is 0 Å². The number of hydrogen-bond acceptors (Lipinski definition) is 3. The Hall–Kier alpha value is -1.78. The van der Waals surface area contributed by atoms with Gasteiger partial charge in [0.1, 0.15) is 0 Å². The maximum Gasteiger partial charge on any atom is 0.225 e. The standard InChI is InChI=1S/C22H28N2OS/c1-5-16(2)22(25)24-14-19-11-12-21(13-20(19)15-24)26-23(4)17(3)18-9-7-6-8-10-18/h6-13,16-17H,5,14-15H2,1-4H3/t16?,17-/m0/s1. The Kier molecular flexibility index (Phi) is 6.05. The molecule has 4 heteroatoms.